The number of para-hydroxylation sites is 2. The summed E-state index contributed by atoms with van der Waals surface area (Å²) in [7, 11) is 0. The van der Waals surface area contributed by atoms with Crippen LogP contribution in [0.4, 0.5) is 24.5 Å². The topological polar surface area (TPSA) is 49.5 Å². The Kier molecular flexibility index (Phi) is 2.69. The van der Waals surface area contributed by atoms with Gasteiger partial charge in [0.2, 0.25) is 0 Å². The van der Waals surface area contributed by atoms with Gasteiger partial charge in [0.1, 0.15) is 0 Å². The third-order valence-corrected chi connectivity index (χ3v) is 3.05. The molecule has 0 saturated carbocycles. The van der Waals surface area contributed by atoms with Gasteiger partial charge in [0.05, 0.1) is 17.9 Å². The molecule has 1 heterocycles. The summed E-state index contributed by atoms with van der Waals surface area (Å²) in [6.45, 7) is -0.324. The van der Waals surface area contributed by atoms with Crippen LogP contribution in [-0.2, 0) is 0 Å². The van der Waals surface area contributed by atoms with Crippen LogP contribution in [0.5, 0.6) is 0 Å². The Hall–Kier alpha value is -1.43. The summed E-state index contributed by atoms with van der Waals surface area (Å²) in [6, 6.07) is 6.69. The smallest absolute Gasteiger partial charge is 0.397 e. The van der Waals surface area contributed by atoms with E-state index >= 15 is 0 Å². The van der Waals surface area contributed by atoms with Crippen molar-refractivity contribution in [3.63, 3.8) is 0 Å². The van der Waals surface area contributed by atoms with Crippen molar-refractivity contribution in [2.45, 2.75) is 18.2 Å². The Bertz CT molecular complexity index is 421. The van der Waals surface area contributed by atoms with Crippen LogP contribution in [0.3, 0.4) is 0 Å². The number of halogens is 3. The van der Waals surface area contributed by atoms with Gasteiger partial charge in [-0.2, -0.15) is 13.2 Å². The molecule has 17 heavy (non-hydrogen) atoms. The van der Waals surface area contributed by atoms with E-state index in [9.17, 15) is 18.3 Å². The van der Waals surface area contributed by atoms with Crippen LogP contribution in [0.1, 0.15) is 6.42 Å². The summed E-state index contributed by atoms with van der Waals surface area (Å²) >= 11 is 0. The van der Waals surface area contributed by atoms with E-state index in [0.29, 0.717) is 11.4 Å². The maximum Gasteiger partial charge on any atom is 0.418 e. The number of nitrogens with two attached hydrogens (primary N) is 1. The Labute approximate surface area is 96.6 Å². The van der Waals surface area contributed by atoms with E-state index in [-0.39, 0.29) is 13.0 Å². The van der Waals surface area contributed by atoms with Gasteiger partial charge >= 0.3 is 6.18 Å². The fourth-order valence-electron chi connectivity index (χ4n) is 2.01. The fourth-order valence-corrected chi connectivity index (χ4v) is 2.01. The molecule has 1 aliphatic heterocycles. The summed E-state index contributed by atoms with van der Waals surface area (Å²) in [5.74, 6) is 0. The van der Waals surface area contributed by atoms with Gasteiger partial charge in [-0.3, -0.25) is 0 Å². The maximum atomic E-state index is 12.6. The van der Waals surface area contributed by atoms with E-state index in [1.165, 1.54) is 4.90 Å². The molecule has 0 spiro atoms. The van der Waals surface area contributed by atoms with Crippen molar-refractivity contribution in [1.29, 1.82) is 0 Å². The molecule has 0 bridgehead atoms. The summed E-state index contributed by atoms with van der Waals surface area (Å²) in [5, 5.41) is 9.54. The van der Waals surface area contributed by atoms with Crippen LogP contribution in [-0.4, -0.2) is 30.0 Å². The molecule has 94 valence electrons. The van der Waals surface area contributed by atoms with Crippen LogP contribution in [0, 0.1) is 0 Å². The van der Waals surface area contributed by atoms with E-state index in [1.807, 2.05) is 0 Å². The molecule has 1 fully saturated rings. The second kappa shape index (κ2) is 3.80. The van der Waals surface area contributed by atoms with Gasteiger partial charge in [0.15, 0.2) is 5.60 Å². The Balaban J connectivity index is 2.22. The number of anilines is 2. The van der Waals surface area contributed by atoms with Crippen LogP contribution < -0.4 is 10.6 Å². The van der Waals surface area contributed by atoms with Crippen molar-refractivity contribution < 1.29 is 18.3 Å². The molecule has 2 rings (SSSR count). The number of β-amino-alcohol motifs (C(OH)–C–C–N with tert-alkyl or cyclic N) is 1. The summed E-state index contributed by atoms with van der Waals surface area (Å²) < 4.78 is 37.9. The Morgan fingerprint density at radius 3 is 2.47 bits per heavy atom. The van der Waals surface area contributed by atoms with E-state index < -0.39 is 18.3 Å². The number of nitrogens with zero attached hydrogens (tertiary/aromatic N) is 1. The van der Waals surface area contributed by atoms with Crippen LogP contribution in [0.15, 0.2) is 24.3 Å². The van der Waals surface area contributed by atoms with Crippen molar-refractivity contribution >= 4 is 11.4 Å². The average molecular weight is 246 g/mol. The molecule has 1 atom stereocenters. The minimum absolute atomic E-state index is 0.143. The fraction of sp³-hybridized carbons (Fsp3) is 0.455. The maximum absolute atomic E-state index is 12.6. The average Bonchev–Trinajstić information content (AvgIpc) is 2.62. The highest BCUT2D eigenvalue weighted by molar-refractivity contribution is 5.67. The minimum Gasteiger partial charge on any atom is -0.397 e. The zero-order valence-corrected chi connectivity index (χ0v) is 9.04. The number of alkyl halides is 3. The van der Waals surface area contributed by atoms with Crippen molar-refractivity contribution in [2.75, 3.05) is 23.7 Å². The summed E-state index contributed by atoms with van der Waals surface area (Å²) in [5.41, 5.74) is 4.01. The van der Waals surface area contributed by atoms with Gasteiger partial charge < -0.3 is 15.7 Å². The molecule has 1 aliphatic rings. The lowest BCUT2D eigenvalue weighted by Crippen LogP contribution is -2.47. The summed E-state index contributed by atoms with van der Waals surface area (Å²) in [6.07, 6.45) is -4.93. The van der Waals surface area contributed by atoms with E-state index in [1.54, 1.807) is 24.3 Å². The van der Waals surface area contributed by atoms with Crippen LogP contribution >= 0.6 is 0 Å². The first-order valence-electron chi connectivity index (χ1n) is 5.22. The van der Waals surface area contributed by atoms with Gasteiger partial charge in [-0.1, -0.05) is 12.1 Å². The Morgan fingerprint density at radius 1 is 1.29 bits per heavy atom. The summed E-state index contributed by atoms with van der Waals surface area (Å²) in [4.78, 5) is 1.46. The van der Waals surface area contributed by atoms with E-state index in [4.69, 9.17) is 5.73 Å². The molecule has 0 aromatic heterocycles. The number of nitrogen functional groups attached to an aromatic ring is 1. The molecular formula is C11H13F3N2O. The molecule has 0 unspecified atom stereocenters. The van der Waals surface area contributed by atoms with Crippen molar-refractivity contribution in [3.05, 3.63) is 24.3 Å². The lowest BCUT2D eigenvalue weighted by atomic mass is 10.0. The van der Waals surface area contributed by atoms with Crippen molar-refractivity contribution in [1.82, 2.24) is 0 Å². The third kappa shape index (κ3) is 2.04. The molecule has 0 radical (unpaired) electrons. The van der Waals surface area contributed by atoms with Gasteiger partial charge in [-0.25, -0.2) is 0 Å². The lowest BCUT2D eigenvalue weighted by molar-refractivity contribution is -0.250. The normalized spacial score (nSPS) is 25.3. The molecule has 1 aromatic carbocycles. The van der Waals surface area contributed by atoms with Crippen molar-refractivity contribution in [3.8, 4) is 0 Å². The molecule has 3 N–H and O–H groups in total. The molecule has 1 aromatic rings. The molecule has 1 saturated heterocycles. The monoisotopic (exact) mass is 246 g/mol. The lowest BCUT2D eigenvalue weighted by Gasteiger charge is -2.27. The highest BCUT2D eigenvalue weighted by Crippen LogP contribution is 2.40. The number of hydrogen-bond donors (Lipinski definition) is 2. The highest BCUT2D eigenvalue weighted by Gasteiger charge is 2.57. The number of benzene rings is 1. The minimum atomic E-state index is -4.61. The zero-order valence-electron chi connectivity index (χ0n) is 9.04. The van der Waals surface area contributed by atoms with Gasteiger partial charge in [0, 0.05) is 13.0 Å². The second-order valence-corrected chi connectivity index (χ2v) is 4.26. The number of aliphatic hydroxyl groups is 1. The first kappa shape index (κ1) is 12.0. The van der Waals surface area contributed by atoms with Crippen molar-refractivity contribution in [2.24, 2.45) is 0 Å². The highest BCUT2D eigenvalue weighted by atomic mass is 19.4. The largest absolute Gasteiger partial charge is 0.418 e. The van der Waals surface area contributed by atoms with Gasteiger partial charge in [0.25, 0.3) is 0 Å². The van der Waals surface area contributed by atoms with E-state index in [0.717, 1.165) is 0 Å². The Morgan fingerprint density at radius 2 is 1.94 bits per heavy atom. The number of hydrogen-bond acceptors (Lipinski definition) is 3. The first-order valence-corrected chi connectivity index (χ1v) is 5.22. The quantitative estimate of drug-likeness (QED) is 0.742. The standard InChI is InChI=1S/C11H13F3N2O/c12-11(13,14)10(17)5-6-16(7-10)9-4-2-1-3-8(9)15/h1-4,17H,5-7,15H2/t10-/m0/s1. The molecule has 3 nitrogen and oxygen atoms in total. The molecule has 0 amide bonds. The predicted molar refractivity (Wildman–Crippen MR) is 58.7 cm³/mol. The predicted octanol–water partition coefficient (Wildman–Crippen LogP) is 1.77. The van der Waals surface area contributed by atoms with E-state index in [2.05, 4.69) is 0 Å². The molecule has 6 heteroatoms. The number of rotatable bonds is 1. The first-order chi connectivity index (χ1) is 7.83. The van der Waals surface area contributed by atoms with Gasteiger partial charge in [-0.05, 0) is 12.1 Å². The van der Waals surface area contributed by atoms with Crippen LogP contribution in [0.25, 0.3) is 0 Å². The van der Waals surface area contributed by atoms with Gasteiger partial charge in [-0.15, -0.1) is 0 Å². The third-order valence-electron chi connectivity index (χ3n) is 3.05. The second-order valence-electron chi connectivity index (χ2n) is 4.26. The molecule has 0 aliphatic carbocycles. The molecular weight excluding hydrogens is 233 g/mol. The SMILES string of the molecule is Nc1ccccc1N1CC[C@@](O)(C(F)(F)F)C1. The van der Waals surface area contributed by atoms with Crippen LogP contribution in [0.2, 0.25) is 0 Å². The zero-order chi connectivity index (χ0) is 12.7.